The van der Waals surface area contributed by atoms with E-state index in [1.807, 2.05) is 13.8 Å². The van der Waals surface area contributed by atoms with Gasteiger partial charge in [-0.15, -0.1) is 0 Å². The van der Waals surface area contributed by atoms with E-state index < -0.39 is 10.0 Å². The number of hydrogen-bond acceptors (Lipinski definition) is 5. The minimum Gasteiger partial charge on any atom is -0.398 e. The highest BCUT2D eigenvalue weighted by Crippen LogP contribution is 2.29. The number of nitrogens with two attached hydrogens (primary N) is 1. The van der Waals surface area contributed by atoms with E-state index in [1.54, 1.807) is 26.4 Å². The first-order valence-corrected chi connectivity index (χ1v) is 8.17. The van der Waals surface area contributed by atoms with E-state index in [0.29, 0.717) is 0 Å². The van der Waals surface area contributed by atoms with Crippen molar-refractivity contribution in [2.45, 2.75) is 31.0 Å². The van der Waals surface area contributed by atoms with Gasteiger partial charge in [-0.1, -0.05) is 0 Å². The Bertz CT molecular complexity index is 618. The molecule has 1 aliphatic rings. The fourth-order valence-electron chi connectivity index (χ4n) is 2.53. The van der Waals surface area contributed by atoms with E-state index in [0.717, 1.165) is 11.1 Å². The van der Waals surface area contributed by atoms with Gasteiger partial charge in [0.15, 0.2) is 0 Å². The summed E-state index contributed by atoms with van der Waals surface area (Å²) in [5.74, 6) is 0. The Labute approximate surface area is 125 Å². The van der Waals surface area contributed by atoms with Crippen molar-refractivity contribution in [3.8, 4) is 0 Å². The Balaban J connectivity index is 2.38. The minimum atomic E-state index is -3.65. The summed E-state index contributed by atoms with van der Waals surface area (Å²) in [6, 6.07) is 3.32. The molecule has 0 aromatic heterocycles. The van der Waals surface area contributed by atoms with Crippen molar-refractivity contribution < 1.29 is 17.9 Å². The molecule has 21 heavy (non-hydrogen) atoms. The van der Waals surface area contributed by atoms with E-state index in [4.69, 9.17) is 15.2 Å². The van der Waals surface area contributed by atoms with Gasteiger partial charge in [-0.3, -0.25) is 0 Å². The molecule has 0 spiro atoms. The van der Waals surface area contributed by atoms with Gasteiger partial charge in [0.25, 0.3) is 0 Å². The van der Waals surface area contributed by atoms with Crippen LogP contribution in [0.2, 0.25) is 0 Å². The summed E-state index contributed by atoms with van der Waals surface area (Å²) in [6.07, 6.45) is -0.532. The summed E-state index contributed by atoms with van der Waals surface area (Å²) in [5, 5.41) is 0. The Morgan fingerprint density at radius 3 is 2.05 bits per heavy atom. The summed E-state index contributed by atoms with van der Waals surface area (Å²) in [7, 11) is -0.541. The predicted molar refractivity (Wildman–Crippen MR) is 80.7 cm³/mol. The average Bonchev–Trinajstić information content (AvgIpc) is 2.86. The number of ether oxygens (including phenoxy) is 2. The van der Waals surface area contributed by atoms with E-state index in [2.05, 4.69) is 0 Å². The number of methoxy groups -OCH3 is 2. The van der Waals surface area contributed by atoms with Crippen LogP contribution in [0.25, 0.3) is 0 Å². The van der Waals surface area contributed by atoms with Crippen molar-refractivity contribution in [1.82, 2.24) is 4.31 Å². The molecular formula is C14H22N2O4S. The fraction of sp³-hybridized carbons (Fsp3) is 0.571. The molecule has 1 aliphatic heterocycles. The molecule has 6 nitrogen and oxygen atoms in total. The van der Waals surface area contributed by atoms with E-state index in [-0.39, 0.29) is 35.9 Å². The van der Waals surface area contributed by atoms with Gasteiger partial charge < -0.3 is 15.2 Å². The highest BCUT2D eigenvalue weighted by molar-refractivity contribution is 7.89. The third-order valence-electron chi connectivity index (χ3n) is 4.03. The molecule has 0 amide bonds. The first-order chi connectivity index (χ1) is 9.81. The molecule has 0 saturated carbocycles. The van der Waals surface area contributed by atoms with Crippen molar-refractivity contribution in [2.24, 2.45) is 0 Å². The van der Waals surface area contributed by atoms with Gasteiger partial charge in [0.2, 0.25) is 10.0 Å². The topological polar surface area (TPSA) is 81.9 Å². The van der Waals surface area contributed by atoms with Crippen LogP contribution in [-0.2, 0) is 19.5 Å². The van der Waals surface area contributed by atoms with Crippen LogP contribution in [-0.4, -0.2) is 52.2 Å². The lowest BCUT2D eigenvalue weighted by Crippen LogP contribution is -2.31. The zero-order valence-electron chi connectivity index (χ0n) is 12.8. The van der Waals surface area contributed by atoms with Crippen molar-refractivity contribution in [2.75, 3.05) is 33.0 Å². The van der Waals surface area contributed by atoms with E-state index in [1.165, 1.54) is 4.31 Å². The lowest BCUT2D eigenvalue weighted by molar-refractivity contribution is -0.00461. The smallest absolute Gasteiger partial charge is 0.245 e. The van der Waals surface area contributed by atoms with Crippen molar-refractivity contribution in [1.29, 1.82) is 0 Å². The molecule has 2 unspecified atom stereocenters. The predicted octanol–water partition coefficient (Wildman–Crippen LogP) is 0.920. The SMILES string of the molecule is COC1CN(S(=O)(=O)c2cc(C)c(C)cc2N)CC1OC. The maximum atomic E-state index is 12.8. The monoisotopic (exact) mass is 314 g/mol. The standard InChI is InChI=1S/C14H22N2O4S/c1-9-5-11(15)14(6-10(9)2)21(17,18)16-7-12(19-3)13(8-16)20-4/h5-6,12-13H,7-8,15H2,1-4H3. The molecule has 2 rings (SSSR count). The van der Waals surface area contributed by atoms with Crippen LogP contribution in [0, 0.1) is 13.8 Å². The number of rotatable bonds is 4. The number of aryl methyl sites for hydroxylation is 2. The van der Waals surface area contributed by atoms with Crippen LogP contribution >= 0.6 is 0 Å². The van der Waals surface area contributed by atoms with Crippen molar-refractivity contribution in [3.05, 3.63) is 23.3 Å². The van der Waals surface area contributed by atoms with E-state index in [9.17, 15) is 8.42 Å². The number of hydrogen-bond donors (Lipinski definition) is 1. The third kappa shape index (κ3) is 2.91. The second-order valence-electron chi connectivity index (χ2n) is 5.34. The molecule has 0 radical (unpaired) electrons. The van der Waals surface area contributed by atoms with Crippen LogP contribution in [0.4, 0.5) is 5.69 Å². The van der Waals surface area contributed by atoms with Crippen molar-refractivity contribution >= 4 is 15.7 Å². The van der Waals surface area contributed by atoms with Gasteiger partial charge in [-0.25, -0.2) is 8.42 Å². The van der Waals surface area contributed by atoms with Crippen LogP contribution in [0.15, 0.2) is 17.0 Å². The maximum absolute atomic E-state index is 12.8. The molecule has 2 atom stereocenters. The quantitative estimate of drug-likeness (QED) is 0.836. The Kier molecular flexibility index (Phi) is 4.57. The van der Waals surface area contributed by atoms with Gasteiger partial charge in [-0.05, 0) is 37.1 Å². The highest BCUT2D eigenvalue weighted by atomic mass is 32.2. The summed E-state index contributed by atoms with van der Waals surface area (Å²) in [5.41, 5.74) is 8.05. The zero-order valence-corrected chi connectivity index (χ0v) is 13.6. The van der Waals surface area contributed by atoms with Crippen molar-refractivity contribution in [3.63, 3.8) is 0 Å². The Hall–Kier alpha value is -1.15. The number of anilines is 1. The summed E-state index contributed by atoms with van der Waals surface area (Å²) < 4.78 is 37.5. The Morgan fingerprint density at radius 1 is 1.10 bits per heavy atom. The number of sulfonamides is 1. The first kappa shape index (κ1) is 16.2. The van der Waals surface area contributed by atoms with Gasteiger partial charge >= 0.3 is 0 Å². The number of nitrogen functional groups attached to an aromatic ring is 1. The highest BCUT2D eigenvalue weighted by Gasteiger charge is 2.40. The maximum Gasteiger partial charge on any atom is 0.245 e. The molecule has 1 aromatic rings. The molecule has 1 heterocycles. The fourth-order valence-corrected chi connectivity index (χ4v) is 4.18. The molecule has 0 bridgehead atoms. The van der Waals surface area contributed by atoms with E-state index >= 15 is 0 Å². The van der Waals surface area contributed by atoms with Crippen LogP contribution < -0.4 is 5.73 Å². The number of benzene rings is 1. The Morgan fingerprint density at radius 2 is 1.57 bits per heavy atom. The van der Waals surface area contributed by atoms with Crippen LogP contribution in [0.5, 0.6) is 0 Å². The van der Waals surface area contributed by atoms with Gasteiger partial charge in [0.1, 0.15) is 4.90 Å². The first-order valence-electron chi connectivity index (χ1n) is 6.73. The molecule has 0 aliphatic carbocycles. The second kappa shape index (κ2) is 5.92. The minimum absolute atomic E-state index is 0.150. The normalized spacial score (nSPS) is 23.6. The second-order valence-corrected chi connectivity index (χ2v) is 7.25. The average molecular weight is 314 g/mol. The lowest BCUT2D eigenvalue weighted by atomic mass is 10.1. The lowest BCUT2D eigenvalue weighted by Gasteiger charge is -2.18. The molecule has 1 aromatic carbocycles. The van der Waals surface area contributed by atoms with Gasteiger partial charge in [-0.2, -0.15) is 4.31 Å². The number of nitrogens with zero attached hydrogens (tertiary/aromatic N) is 1. The molecule has 2 N–H and O–H groups in total. The van der Waals surface area contributed by atoms with Gasteiger partial charge in [0, 0.05) is 27.3 Å². The molecular weight excluding hydrogens is 292 g/mol. The van der Waals surface area contributed by atoms with Crippen LogP contribution in [0.1, 0.15) is 11.1 Å². The molecule has 118 valence electrons. The molecule has 1 fully saturated rings. The summed E-state index contributed by atoms with van der Waals surface area (Å²) in [6.45, 7) is 4.31. The molecule has 1 saturated heterocycles. The zero-order chi connectivity index (χ0) is 15.8. The largest absolute Gasteiger partial charge is 0.398 e. The third-order valence-corrected chi connectivity index (χ3v) is 5.92. The summed E-state index contributed by atoms with van der Waals surface area (Å²) in [4.78, 5) is 0.150. The van der Waals surface area contributed by atoms with Gasteiger partial charge in [0.05, 0.1) is 17.9 Å². The molecule has 7 heteroatoms. The summed E-state index contributed by atoms with van der Waals surface area (Å²) >= 11 is 0. The van der Waals surface area contributed by atoms with Crippen LogP contribution in [0.3, 0.4) is 0 Å².